The second-order valence-corrected chi connectivity index (χ2v) is 6.62. The first-order valence-electron chi connectivity index (χ1n) is 4.30. The number of H-pyrrole nitrogens is 1. The van der Waals surface area contributed by atoms with Crippen LogP contribution in [0.5, 0.6) is 0 Å². The molecule has 0 unspecified atom stereocenters. The molecule has 0 aliphatic heterocycles. The van der Waals surface area contributed by atoms with Crippen LogP contribution >= 0.6 is 27.3 Å². The SMILES string of the molecule is O=c1ccc(NS(=O)(=O)c2sccc2Br)n[nH]1. The second-order valence-electron chi connectivity index (χ2n) is 2.97. The van der Waals surface area contributed by atoms with Gasteiger partial charge in [0, 0.05) is 10.5 Å². The minimum absolute atomic E-state index is 0.0601. The Morgan fingerprint density at radius 1 is 1.35 bits per heavy atom. The number of nitrogens with zero attached hydrogens (tertiary/aromatic N) is 1. The van der Waals surface area contributed by atoms with Gasteiger partial charge in [0.1, 0.15) is 0 Å². The van der Waals surface area contributed by atoms with Gasteiger partial charge in [0.2, 0.25) is 0 Å². The first kappa shape index (κ1) is 12.3. The monoisotopic (exact) mass is 335 g/mol. The summed E-state index contributed by atoms with van der Waals surface area (Å²) in [5.74, 6) is 0.0601. The molecule has 0 spiro atoms. The highest BCUT2D eigenvalue weighted by atomic mass is 79.9. The van der Waals surface area contributed by atoms with E-state index in [9.17, 15) is 13.2 Å². The van der Waals surface area contributed by atoms with E-state index in [1.165, 1.54) is 12.1 Å². The molecule has 0 fully saturated rings. The lowest BCUT2D eigenvalue weighted by molar-refractivity contribution is 0.602. The van der Waals surface area contributed by atoms with Crippen LogP contribution in [0.2, 0.25) is 0 Å². The Kier molecular flexibility index (Phi) is 3.31. The lowest BCUT2D eigenvalue weighted by Crippen LogP contribution is -2.15. The smallest absolute Gasteiger partial charge is 0.268 e. The highest BCUT2D eigenvalue weighted by molar-refractivity contribution is 9.10. The van der Waals surface area contributed by atoms with Crippen molar-refractivity contribution < 1.29 is 8.42 Å². The summed E-state index contributed by atoms with van der Waals surface area (Å²) in [5.41, 5.74) is -0.398. The molecule has 2 aromatic heterocycles. The van der Waals surface area contributed by atoms with Crippen LogP contribution in [0.15, 0.2) is 37.1 Å². The third-order valence-electron chi connectivity index (χ3n) is 1.75. The quantitative estimate of drug-likeness (QED) is 0.886. The van der Waals surface area contributed by atoms with Crippen LogP contribution in [0, 0.1) is 0 Å². The Morgan fingerprint density at radius 3 is 2.65 bits per heavy atom. The molecule has 90 valence electrons. The number of nitrogens with one attached hydrogen (secondary N) is 2. The predicted molar refractivity (Wildman–Crippen MR) is 67.7 cm³/mol. The normalized spacial score (nSPS) is 11.4. The molecule has 0 aliphatic carbocycles. The van der Waals surface area contributed by atoms with Gasteiger partial charge in [0.25, 0.3) is 15.6 Å². The number of sulfonamides is 1. The molecule has 2 aromatic rings. The Morgan fingerprint density at radius 2 is 2.12 bits per heavy atom. The van der Waals surface area contributed by atoms with Gasteiger partial charge in [-0.1, -0.05) is 0 Å². The van der Waals surface area contributed by atoms with Crippen LogP contribution < -0.4 is 10.3 Å². The van der Waals surface area contributed by atoms with Gasteiger partial charge in [0.15, 0.2) is 10.0 Å². The zero-order valence-electron chi connectivity index (χ0n) is 8.18. The zero-order chi connectivity index (χ0) is 12.5. The van der Waals surface area contributed by atoms with Gasteiger partial charge in [-0.15, -0.1) is 11.3 Å². The molecule has 0 atom stereocenters. The molecule has 0 amide bonds. The van der Waals surface area contributed by atoms with Crippen molar-refractivity contribution in [1.29, 1.82) is 0 Å². The van der Waals surface area contributed by atoms with Crippen LogP contribution in [0.3, 0.4) is 0 Å². The fourth-order valence-electron chi connectivity index (χ4n) is 1.06. The van der Waals surface area contributed by atoms with Gasteiger partial charge >= 0.3 is 0 Å². The predicted octanol–water partition coefficient (Wildman–Crippen LogP) is 1.39. The van der Waals surface area contributed by atoms with E-state index in [0.29, 0.717) is 4.47 Å². The number of hydrogen-bond acceptors (Lipinski definition) is 5. The Balaban J connectivity index is 2.33. The van der Waals surface area contributed by atoms with Crippen molar-refractivity contribution in [3.8, 4) is 0 Å². The average Bonchev–Trinajstić information content (AvgIpc) is 2.68. The van der Waals surface area contributed by atoms with Crippen LogP contribution in [0.4, 0.5) is 5.82 Å². The van der Waals surface area contributed by atoms with E-state index < -0.39 is 15.6 Å². The summed E-state index contributed by atoms with van der Waals surface area (Å²) in [5, 5.41) is 7.36. The number of aromatic nitrogens is 2. The van der Waals surface area contributed by atoms with Crippen LogP contribution in [-0.4, -0.2) is 18.6 Å². The van der Waals surface area contributed by atoms with Gasteiger partial charge in [-0.25, -0.2) is 13.5 Å². The van der Waals surface area contributed by atoms with Crippen LogP contribution in [0.25, 0.3) is 0 Å². The highest BCUT2D eigenvalue weighted by Crippen LogP contribution is 2.28. The number of thiophene rings is 1. The van der Waals surface area contributed by atoms with Gasteiger partial charge in [-0.2, -0.15) is 5.10 Å². The lowest BCUT2D eigenvalue weighted by atomic mass is 10.5. The molecule has 9 heteroatoms. The molecule has 2 N–H and O–H groups in total. The van der Waals surface area contributed by atoms with E-state index in [4.69, 9.17) is 0 Å². The summed E-state index contributed by atoms with van der Waals surface area (Å²) in [6.07, 6.45) is 0. The summed E-state index contributed by atoms with van der Waals surface area (Å²) >= 11 is 4.22. The van der Waals surface area contributed by atoms with Gasteiger partial charge in [-0.3, -0.25) is 9.52 Å². The van der Waals surface area contributed by atoms with Crippen LogP contribution in [-0.2, 0) is 10.0 Å². The number of hydrogen-bond donors (Lipinski definition) is 2. The molecule has 0 saturated heterocycles. The molecule has 0 aromatic carbocycles. The van der Waals surface area contributed by atoms with Gasteiger partial charge < -0.3 is 0 Å². The molecular formula is C8H6BrN3O3S2. The molecule has 2 heterocycles. The molecular weight excluding hydrogens is 330 g/mol. The minimum atomic E-state index is -3.68. The maximum absolute atomic E-state index is 11.9. The van der Waals surface area contributed by atoms with E-state index in [1.807, 2.05) is 0 Å². The summed E-state index contributed by atoms with van der Waals surface area (Å²) in [4.78, 5) is 10.8. The molecule has 0 radical (unpaired) electrons. The number of aromatic amines is 1. The summed E-state index contributed by atoms with van der Waals surface area (Å²) in [6, 6.07) is 4.12. The maximum Gasteiger partial charge on any atom is 0.273 e. The van der Waals surface area contributed by atoms with E-state index in [-0.39, 0.29) is 10.0 Å². The van der Waals surface area contributed by atoms with Gasteiger partial charge in [-0.05, 0) is 33.4 Å². The fraction of sp³-hybridized carbons (Fsp3) is 0. The maximum atomic E-state index is 11.9. The fourth-order valence-corrected chi connectivity index (χ4v) is 4.40. The van der Waals surface area contributed by atoms with Crippen molar-refractivity contribution in [3.05, 3.63) is 38.4 Å². The first-order valence-corrected chi connectivity index (χ1v) is 7.46. The van der Waals surface area contributed by atoms with Crippen molar-refractivity contribution in [2.75, 3.05) is 4.72 Å². The van der Waals surface area contributed by atoms with Crippen molar-refractivity contribution >= 4 is 43.1 Å². The highest BCUT2D eigenvalue weighted by Gasteiger charge is 2.19. The molecule has 2 rings (SSSR count). The van der Waals surface area contributed by atoms with Crippen molar-refractivity contribution in [1.82, 2.24) is 10.2 Å². The van der Waals surface area contributed by atoms with E-state index in [2.05, 4.69) is 30.8 Å². The van der Waals surface area contributed by atoms with Crippen molar-refractivity contribution in [2.45, 2.75) is 4.21 Å². The Hall–Kier alpha value is -1.19. The Labute approximate surface area is 109 Å². The summed E-state index contributed by atoms with van der Waals surface area (Å²) in [7, 11) is -3.68. The molecule has 0 saturated carbocycles. The van der Waals surface area contributed by atoms with Crippen molar-refractivity contribution in [2.24, 2.45) is 0 Å². The van der Waals surface area contributed by atoms with Crippen LogP contribution in [0.1, 0.15) is 0 Å². The average molecular weight is 336 g/mol. The molecule has 0 bridgehead atoms. The largest absolute Gasteiger partial charge is 0.273 e. The number of halogens is 1. The van der Waals surface area contributed by atoms with E-state index in [0.717, 1.165) is 11.3 Å². The lowest BCUT2D eigenvalue weighted by Gasteiger charge is -2.04. The third kappa shape index (κ3) is 2.73. The summed E-state index contributed by atoms with van der Waals surface area (Å²) in [6.45, 7) is 0. The van der Waals surface area contributed by atoms with Crippen molar-refractivity contribution in [3.63, 3.8) is 0 Å². The molecule has 0 aliphatic rings. The Bertz CT molecular complexity index is 672. The zero-order valence-corrected chi connectivity index (χ0v) is 11.4. The first-order chi connectivity index (χ1) is 7.99. The van der Waals surface area contributed by atoms with Gasteiger partial charge in [0.05, 0.1) is 0 Å². The van der Waals surface area contributed by atoms with E-state index in [1.54, 1.807) is 11.4 Å². The second kappa shape index (κ2) is 4.59. The number of anilines is 1. The minimum Gasteiger partial charge on any atom is -0.268 e. The topological polar surface area (TPSA) is 91.9 Å². The molecule has 6 nitrogen and oxygen atoms in total. The molecule has 17 heavy (non-hydrogen) atoms. The number of rotatable bonds is 3. The third-order valence-corrected chi connectivity index (χ3v) is 5.77. The summed E-state index contributed by atoms with van der Waals surface area (Å²) < 4.78 is 26.7. The van der Waals surface area contributed by atoms with E-state index >= 15 is 0 Å². The standard InChI is InChI=1S/C8H6BrN3O3S2/c9-5-3-4-16-8(5)17(14,15)12-6-1-2-7(13)11-10-6/h1-4H,(H,10,12)(H,11,13).